The molecule has 0 aliphatic heterocycles. The van der Waals surface area contributed by atoms with Gasteiger partial charge >= 0.3 is 0 Å². The van der Waals surface area contributed by atoms with E-state index in [1.807, 2.05) is 6.92 Å². The highest BCUT2D eigenvalue weighted by Gasteiger charge is 2.14. The smallest absolute Gasteiger partial charge is 0.226 e. The van der Waals surface area contributed by atoms with Crippen LogP contribution in [-0.2, 0) is 0 Å². The van der Waals surface area contributed by atoms with E-state index in [0.29, 0.717) is 5.95 Å². The van der Waals surface area contributed by atoms with Crippen molar-refractivity contribution < 1.29 is 0 Å². The van der Waals surface area contributed by atoms with Crippen molar-refractivity contribution in [1.82, 2.24) is 20.2 Å². The number of H-pyrrole nitrogens is 1. The van der Waals surface area contributed by atoms with E-state index in [9.17, 15) is 0 Å². The molecule has 3 N–H and O–H groups in total. The monoisotopic (exact) mass is 288 g/mol. The van der Waals surface area contributed by atoms with Crippen LogP contribution in [0.15, 0.2) is 6.20 Å². The highest BCUT2D eigenvalue weighted by atomic mass is 15.2. The van der Waals surface area contributed by atoms with Crippen LogP contribution in [0.1, 0.15) is 45.4 Å². The van der Waals surface area contributed by atoms with Crippen LogP contribution in [0.4, 0.5) is 11.8 Å². The van der Waals surface area contributed by atoms with Gasteiger partial charge in [-0.15, -0.1) is 0 Å². The molecule has 0 amide bonds. The van der Waals surface area contributed by atoms with Crippen molar-refractivity contribution in [3.8, 4) is 0 Å². The maximum absolute atomic E-state index is 4.54. The number of nitrogens with one attached hydrogen (secondary N) is 3. The van der Waals surface area contributed by atoms with Gasteiger partial charge < -0.3 is 10.6 Å². The summed E-state index contributed by atoms with van der Waals surface area (Å²) in [5.74, 6) is 2.46. The number of anilines is 2. The molecule has 0 spiro atoms. The summed E-state index contributed by atoms with van der Waals surface area (Å²) in [6.45, 7) is 3.80. The average molecular weight is 288 g/mol. The molecule has 114 valence electrons. The van der Waals surface area contributed by atoms with Crippen molar-refractivity contribution in [1.29, 1.82) is 0 Å². The van der Waals surface area contributed by atoms with Crippen molar-refractivity contribution in [2.24, 2.45) is 5.92 Å². The molecule has 2 heterocycles. The molecular formula is C15H24N6. The first-order chi connectivity index (χ1) is 10.4. The summed E-state index contributed by atoms with van der Waals surface area (Å²) in [6, 6.07) is 0. The lowest BCUT2D eigenvalue weighted by Crippen LogP contribution is -2.09. The second kappa shape index (κ2) is 6.74. The maximum Gasteiger partial charge on any atom is 0.226 e. The lowest BCUT2D eigenvalue weighted by Gasteiger charge is -2.11. The molecule has 0 unspecified atom stereocenters. The molecule has 6 heteroatoms. The zero-order chi connectivity index (χ0) is 14.5. The van der Waals surface area contributed by atoms with E-state index in [1.165, 1.54) is 38.5 Å². The van der Waals surface area contributed by atoms with Crippen LogP contribution in [0.5, 0.6) is 0 Å². The van der Waals surface area contributed by atoms with E-state index < -0.39 is 0 Å². The SMILES string of the molecule is CCNc1nc(NCCCC2CCCC2)c2cn[nH]c2n1. The Hall–Kier alpha value is -1.85. The molecule has 2 aromatic heterocycles. The fourth-order valence-electron chi connectivity index (χ4n) is 3.10. The lowest BCUT2D eigenvalue weighted by molar-refractivity contribution is 0.491. The molecule has 21 heavy (non-hydrogen) atoms. The Bertz CT molecular complexity index is 573. The van der Waals surface area contributed by atoms with E-state index in [1.54, 1.807) is 6.20 Å². The van der Waals surface area contributed by atoms with E-state index in [4.69, 9.17) is 0 Å². The predicted octanol–water partition coefficient (Wildman–Crippen LogP) is 3.17. The van der Waals surface area contributed by atoms with Crippen LogP contribution < -0.4 is 10.6 Å². The summed E-state index contributed by atoms with van der Waals surface area (Å²) < 4.78 is 0. The van der Waals surface area contributed by atoms with Gasteiger partial charge in [-0.05, 0) is 25.7 Å². The fraction of sp³-hybridized carbons (Fsp3) is 0.667. The number of hydrogen-bond acceptors (Lipinski definition) is 5. The number of hydrogen-bond donors (Lipinski definition) is 3. The number of aromatic nitrogens is 4. The van der Waals surface area contributed by atoms with Gasteiger partial charge in [0.25, 0.3) is 0 Å². The summed E-state index contributed by atoms with van der Waals surface area (Å²) in [4.78, 5) is 8.94. The topological polar surface area (TPSA) is 78.5 Å². The third-order valence-electron chi connectivity index (χ3n) is 4.20. The number of rotatable bonds is 7. The van der Waals surface area contributed by atoms with Gasteiger partial charge in [0, 0.05) is 13.1 Å². The third kappa shape index (κ3) is 3.43. The van der Waals surface area contributed by atoms with Crippen molar-refractivity contribution in [3.63, 3.8) is 0 Å². The van der Waals surface area contributed by atoms with Crippen molar-refractivity contribution in [3.05, 3.63) is 6.20 Å². The second-order valence-electron chi connectivity index (χ2n) is 5.78. The molecule has 1 saturated carbocycles. The van der Waals surface area contributed by atoms with Gasteiger partial charge in [0.2, 0.25) is 5.95 Å². The van der Waals surface area contributed by atoms with Gasteiger partial charge in [0.1, 0.15) is 5.82 Å². The van der Waals surface area contributed by atoms with Crippen LogP contribution in [-0.4, -0.2) is 33.3 Å². The second-order valence-corrected chi connectivity index (χ2v) is 5.78. The largest absolute Gasteiger partial charge is 0.369 e. The molecule has 0 aromatic carbocycles. The van der Waals surface area contributed by atoms with Crippen molar-refractivity contribution in [2.45, 2.75) is 45.4 Å². The van der Waals surface area contributed by atoms with Gasteiger partial charge in [-0.1, -0.05) is 25.7 Å². The summed E-state index contributed by atoms with van der Waals surface area (Å²) >= 11 is 0. The first-order valence-corrected chi connectivity index (χ1v) is 8.05. The Morgan fingerprint density at radius 3 is 2.90 bits per heavy atom. The van der Waals surface area contributed by atoms with Crippen molar-refractivity contribution in [2.75, 3.05) is 23.7 Å². The average Bonchev–Trinajstić information content (AvgIpc) is 3.14. The maximum atomic E-state index is 4.54. The molecule has 6 nitrogen and oxygen atoms in total. The Labute approximate surface area is 125 Å². The Morgan fingerprint density at radius 2 is 2.10 bits per heavy atom. The van der Waals surface area contributed by atoms with Gasteiger partial charge in [-0.25, -0.2) is 0 Å². The summed E-state index contributed by atoms with van der Waals surface area (Å²) in [5, 5.41) is 14.5. The van der Waals surface area contributed by atoms with Gasteiger partial charge in [0.05, 0.1) is 11.6 Å². The van der Waals surface area contributed by atoms with E-state index >= 15 is 0 Å². The molecule has 0 saturated heterocycles. The molecule has 2 aromatic rings. The summed E-state index contributed by atoms with van der Waals surface area (Å²) in [5.41, 5.74) is 0.777. The standard InChI is InChI=1S/C15H24N6/c1-2-16-15-19-13(12-10-18-21-14(12)20-15)17-9-5-8-11-6-3-4-7-11/h10-11H,2-9H2,1H3,(H3,16,17,18,19,20,21). The molecule has 1 aliphatic carbocycles. The number of aromatic amines is 1. The lowest BCUT2D eigenvalue weighted by atomic mass is 10.0. The predicted molar refractivity (Wildman–Crippen MR) is 85.5 cm³/mol. The van der Waals surface area contributed by atoms with E-state index in [0.717, 1.165) is 35.9 Å². The van der Waals surface area contributed by atoms with E-state index in [-0.39, 0.29) is 0 Å². The van der Waals surface area contributed by atoms with E-state index in [2.05, 4.69) is 30.8 Å². The minimum Gasteiger partial charge on any atom is -0.369 e. The molecular weight excluding hydrogens is 264 g/mol. The molecule has 1 aliphatic rings. The van der Waals surface area contributed by atoms with Crippen LogP contribution >= 0.6 is 0 Å². The quantitative estimate of drug-likeness (QED) is 0.682. The Balaban J connectivity index is 1.60. The Morgan fingerprint density at radius 1 is 1.24 bits per heavy atom. The van der Waals surface area contributed by atoms with Gasteiger partial charge in [-0.3, -0.25) is 5.10 Å². The molecule has 1 fully saturated rings. The molecule has 0 bridgehead atoms. The fourth-order valence-corrected chi connectivity index (χ4v) is 3.10. The van der Waals surface area contributed by atoms with Gasteiger partial charge in [-0.2, -0.15) is 15.1 Å². The van der Waals surface area contributed by atoms with Crippen LogP contribution in [0.25, 0.3) is 11.0 Å². The Kier molecular flexibility index (Phi) is 4.52. The number of nitrogens with zero attached hydrogens (tertiary/aromatic N) is 3. The highest BCUT2D eigenvalue weighted by molar-refractivity contribution is 5.86. The minimum absolute atomic E-state index is 0.646. The molecule has 3 rings (SSSR count). The summed E-state index contributed by atoms with van der Waals surface area (Å²) in [6.07, 6.45) is 9.99. The zero-order valence-corrected chi connectivity index (χ0v) is 12.7. The van der Waals surface area contributed by atoms with Crippen LogP contribution in [0.2, 0.25) is 0 Å². The van der Waals surface area contributed by atoms with Crippen molar-refractivity contribution >= 4 is 22.8 Å². The van der Waals surface area contributed by atoms with Crippen LogP contribution in [0, 0.1) is 5.92 Å². The molecule has 0 atom stereocenters. The third-order valence-corrected chi connectivity index (χ3v) is 4.20. The minimum atomic E-state index is 0.646. The van der Waals surface area contributed by atoms with Crippen LogP contribution in [0.3, 0.4) is 0 Å². The highest BCUT2D eigenvalue weighted by Crippen LogP contribution is 2.28. The zero-order valence-electron chi connectivity index (χ0n) is 12.7. The first kappa shape index (κ1) is 14.1. The molecule has 0 radical (unpaired) electrons. The first-order valence-electron chi connectivity index (χ1n) is 8.05. The number of fused-ring (bicyclic) bond motifs is 1. The van der Waals surface area contributed by atoms with Gasteiger partial charge in [0.15, 0.2) is 5.65 Å². The summed E-state index contributed by atoms with van der Waals surface area (Å²) in [7, 11) is 0. The normalized spacial score (nSPS) is 15.7.